The van der Waals surface area contributed by atoms with Crippen molar-refractivity contribution in [2.24, 2.45) is 0 Å². The van der Waals surface area contributed by atoms with E-state index in [1.54, 1.807) is 4.90 Å². The number of nitrogens with zero attached hydrogens (tertiary/aromatic N) is 1. The molecule has 0 spiro atoms. The number of amides is 2. The number of nitrogens with one attached hydrogen (secondary N) is 1. The number of benzene rings is 3. The van der Waals surface area contributed by atoms with E-state index in [0.29, 0.717) is 25.3 Å². The first kappa shape index (κ1) is 25.0. The summed E-state index contributed by atoms with van der Waals surface area (Å²) in [5.41, 5.74) is 5.13. The van der Waals surface area contributed by atoms with Gasteiger partial charge in [0.15, 0.2) is 6.61 Å². The molecule has 3 aromatic carbocycles. The van der Waals surface area contributed by atoms with E-state index in [0.717, 1.165) is 27.8 Å². The van der Waals surface area contributed by atoms with E-state index in [1.165, 1.54) is 0 Å². The van der Waals surface area contributed by atoms with Gasteiger partial charge in [0.1, 0.15) is 11.8 Å². The molecule has 2 amide bonds. The molecule has 3 rings (SSSR count). The van der Waals surface area contributed by atoms with E-state index >= 15 is 0 Å². The standard InChI is InChI=1S/C29H34N2O3/c1-5-30-29(33)26(18-24-9-7-6-8-10-24)31(19-25-15-12-21(2)13-16-25)28(32)20-34-27-17-22(3)11-14-23(27)4/h6-17,26H,5,18-20H2,1-4H3,(H,30,33). The van der Waals surface area contributed by atoms with Crippen molar-refractivity contribution in [3.63, 3.8) is 0 Å². The molecule has 1 N–H and O–H groups in total. The molecule has 0 aromatic heterocycles. The monoisotopic (exact) mass is 458 g/mol. The molecule has 1 unspecified atom stereocenters. The lowest BCUT2D eigenvalue weighted by molar-refractivity contribution is -0.142. The molecule has 0 aliphatic rings. The quantitative estimate of drug-likeness (QED) is 0.476. The van der Waals surface area contributed by atoms with Gasteiger partial charge in [-0.25, -0.2) is 0 Å². The second kappa shape index (κ2) is 12.0. The molecule has 5 heteroatoms. The number of rotatable bonds is 10. The minimum Gasteiger partial charge on any atom is -0.483 e. The Balaban J connectivity index is 1.90. The number of ether oxygens (including phenoxy) is 1. The molecule has 0 aliphatic heterocycles. The lowest BCUT2D eigenvalue weighted by Crippen LogP contribution is -2.51. The van der Waals surface area contributed by atoms with Crippen molar-refractivity contribution in [1.29, 1.82) is 0 Å². The van der Waals surface area contributed by atoms with Crippen LogP contribution >= 0.6 is 0 Å². The molecule has 5 nitrogen and oxygen atoms in total. The Bertz CT molecular complexity index is 1090. The highest BCUT2D eigenvalue weighted by Crippen LogP contribution is 2.20. The summed E-state index contributed by atoms with van der Waals surface area (Å²) < 4.78 is 5.93. The Hall–Kier alpha value is -3.60. The first-order valence-corrected chi connectivity index (χ1v) is 11.7. The summed E-state index contributed by atoms with van der Waals surface area (Å²) in [5.74, 6) is 0.286. The maximum absolute atomic E-state index is 13.5. The van der Waals surface area contributed by atoms with E-state index in [2.05, 4.69) is 5.32 Å². The Morgan fingerprint density at radius 3 is 2.24 bits per heavy atom. The number of hydrogen-bond acceptors (Lipinski definition) is 3. The van der Waals surface area contributed by atoms with E-state index < -0.39 is 6.04 Å². The summed E-state index contributed by atoms with van der Waals surface area (Å²) in [6.45, 7) is 8.53. The maximum Gasteiger partial charge on any atom is 0.261 e. The van der Waals surface area contributed by atoms with Gasteiger partial charge in [-0.05, 0) is 56.0 Å². The van der Waals surface area contributed by atoms with Crippen LogP contribution in [0.15, 0.2) is 72.8 Å². The average molecular weight is 459 g/mol. The summed E-state index contributed by atoms with van der Waals surface area (Å²) in [4.78, 5) is 28.4. The second-order valence-electron chi connectivity index (χ2n) is 8.66. The molecule has 3 aromatic rings. The number of hydrogen-bond donors (Lipinski definition) is 1. The molecule has 178 valence electrons. The van der Waals surface area contributed by atoms with Crippen molar-refractivity contribution in [2.75, 3.05) is 13.2 Å². The minimum atomic E-state index is -0.654. The molecule has 0 saturated heterocycles. The molecule has 0 radical (unpaired) electrons. The molecule has 34 heavy (non-hydrogen) atoms. The highest BCUT2D eigenvalue weighted by molar-refractivity contribution is 5.88. The Morgan fingerprint density at radius 1 is 0.882 bits per heavy atom. The van der Waals surface area contributed by atoms with Crippen LogP contribution in [0.25, 0.3) is 0 Å². The normalized spacial score (nSPS) is 11.5. The predicted molar refractivity (Wildman–Crippen MR) is 136 cm³/mol. The fourth-order valence-electron chi connectivity index (χ4n) is 3.82. The van der Waals surface area contributed by atoms with Gasteiger partial charge in [-0.1, -0.05) is 72.3 Å². The van der Waals surface area contributed by atoms with Crippen LogP contribution in [0.5, 0.6) is 5.75 Å². The minimum absolute atomic E-state index is 0.138. The fourth-order valence-corrected chi connectivity index (χ4v) is 3.82. The molecular weight excluding hydrogens is 424 g/mol. The Kier molecular flexibility index (Phi) is 8.86. The number of carbonyl (C=O) groups excluding carboxylic acids is 2. The molecule has 0 saturated carbocycles. The third-order valence-electron chi connectivity index (χ3n) is 5.79. The van der Waals surface area contributed by atoms with Crippen LogP contribution in [0.1, 0.15) is 34.7 Å². The van der Waals surface area contributed by atoms with Crippen molar-refractivity contribution in [2.45, 2.75) is 46.7 Å². The van der Waals surface area contributed by atoms with Gasteiger partial charge in [0.25, 0.3) is 5.91 Å². The smallest absolute Gasteiger partial charge is 0.261 e. The van der Waals surface area contributed by atoms with Gasteiger partial charge >= 0.3 is 0 Å². The summed E-state index contributed by atoms with van der Waals surface area (Å²) in [5, 5.41) is 2.91. The summed E-state index contributed by atoms with van der Waals surface area (Å²) in [6.07, 6.45) is 0.424. The third kappa shape index (κ3) is 6.95. The van der Waals surface area contributed by atoms with Gasteiger partial charge in [-0.2, -0.15) is 0 Å². The van der Waals surface area contributed by atoms with Gasteiger partial charge < -0.3 is 15.0 Å². The van der Waals surface area contributed by atoms with Crippen molar-refractivity contribution in [3.05, 3.63) is 101 Å². The lowest BCUT2D eigenvalue weighted by atomic mass is 10.0. The van der Waals surface area contributed by atoms with Crippen LogP contribution in [-0.4, -0.2) is 35.9 Å². The number of likely N-dealkylation sites (N-methyl/N-ethyl adjacent to an activating group) is 1. The molecular formula is C29H34N2O3. The second-order valence-corrected chi connectivity index (χ2v) is 8.66. The van der Waals surface area contributed by atoms with Gasteiger partial charge in [-0.15, -0.1) is 0 Å². The summed E-state index contributed by atoms with van der Waals surface area (Å²) in [7, 11) is 0. The average Bonchev–Trinajstić information content (AvgIpc) is 2.83. The molecule has 0 fully saturated rings. The third-order valence-corrected chi connectivity index (χ3v) is 5.79. The molecule has 1 atom stereocenters. The van der Waals surface area contributed by atoms with Crippen LogP contribution in [0.3, 0.4) is 0 Å². The zero-order valence-corrected chi connectivity index (χ0v) is 20.5. The Morgan fingerprint density at radius 2 is 1.56 bits per heavy atom. The lowest BCUT2D eigenvalue weighted by Gasteiger charge is -2.31. The SMILES string of the molecule is CCNC(=O)C(Cc1ccccc1)N(Cc1ccc(C)cc1)C(=O)COc1cc(C)ccc1C. The van der Waals surface area contributed by atoms with E-state index in [4.69, 9.17) is 4.74 Å². The molecule has 0 aliphatic carbocycles. The zero-order valence-electron chi connectivity index (χ0n) is 20.5. The largest absolute Gasteiger partial charge is 0.483 e. The first-order chi connectivity index (χ1) is 16.4. The van der Waals surface area contributed by atoms with Gasteiger partial charge in [0.2, 0.25) is 5.91 Å². The Labute approximate surface area is 202 Å². The van der Waals surface area contributed by atoms with Crippen molar-refractivity contribution >= 4 is 11.8 Å². The zero-order chi connectivity index (χ0) is 24.5. The van der Waals surface area contributed by atoms with Crippen LogP contribution < -0.4 is 10.1 Å². The van der Waals surface area contributed by atoms with Crippen molar-refractivity contribution in [3.8, 4) is 5.75 Å². The van der Waals surface area contributed by atoms with Crippen LogP contribution in [0.4, 0.5) is 0 Å². The van der Waals surface area contributed by atoms with E-state index in [-0.39, 0.29) is 18.4 Å². The van der Waals surface area contributed by atoms with E-state index in [9.17, 15) is 9.59 Å². The van der Waals surface area contributed by atoms with Gasteiger partial charge in [-0.3, -0.25) is 9.59 Å². The van der Waals surface area contributed by atoms with Crippen LogP contribution in [0.2, 0.25) is 0 Å². The maximum atomic E-state index is 13.5. The summed E-state index contributed by atoms with van der Waals surface area (Å²) in [6, 6.07) is 23.1. The van der Waals surface area contributed by atoms with Crippen LogP contribution in [0, 0.1) is 20.8 Å². The van der Waals surface area contributed by atoms with Crippen molar-refractivity contribution in [1.82, 2.24) is 10.2 Å². The first-order valence-electron chi connectivity index (χ1n) is 11.7. The fraction of sp³-hybridized carbons (Fsp3) is 0.310. The summed E-state index contributed by atoms with van der Waals surface area (Å²) >= 11 is 0. The molecule has 0 heterocycles. The number of carbonyl (C=O) groups is 2. The number of aryl methyl sites for hydroxylation is 3. The highest BCUT2D eigenvalue weighted by Gasteiger charge is 2.30. The topological polar surface area (TPSA) is 58.6 Å². The van der Waals surface area contributed by atoms with Crippen LogP contribution in [-0.2, 0) is 22.6 Å². The predicted octanol–water partition coefficient (Wildman–Crippen LogP) is 4.77. The van der Waals surface area contributed by atoms with Gasteiger partial charge in [0, 0.05) is 19.5 Å². The van der Waals surface area contributed by atoms with E-state index in [1.807, 2.05) is 100 Å². The van der Waals surface area contributed by atoms with Gasteiger partial charge in [0.05, 0.1) is 0 Å². The van der Waals surface area contributed by atoms with Crippen molar-refractivity contribution < 1.29 is 14.3 Å². The molecule has 0 bridgehead atoms. The highest BCUT2D eigenvalue weighted by atomic mass is 16.5.